The van der Waals surface area contributed by atoms with Crippen LogP contribution in [0.2, 0.25) is 0 Å². The molecule has 28 heavy (non-hydrogen) atoms. The molecule has 0 unspecified atom stereocenters. The first-order valence-corrected chi connectivity index (χ1v) is 9.28. The number of ketones is 1. The van der Waals surface area contributed by atoms with Crippen molar-refractivity contribution in [1.29, 1.82) is 0 Å². The summed E-state index contributed by atoms with van der Waals surface area (Å²) in [4.78, 5) is 13.0. The molecule has 0 bridgehead atoms. The number of hydrogen-bond acceptors (Lipinski definition) is 3. The number of Topliss-reactive ketones (excluding diaryl/α,β-unsaturated/α-hetero) is 1. The third kappa shape index (κ3) is 2.81. The second kappa shape index (κ2) is 6.54. The van der Waals surface area contributed by atoms with Crippen LogP contribution in [0.5, 0.6) is 11.5 Å². The molecule has 0 fully saturated rings. The Kier molecular flexibility index (Phi) is 3.87. The highest BCUT2D eigenvalue weighted by Gasteiger charge is 2.45. The highest BCUT2D eigenvalue weighted by atomic mass is 16.7. The molecule has 1 heterocycles. The summed E-state index contributed by atoms with van der Waals surface area (Å²) in [6.45, 7) is 0. The highest BCUT2D eigenvalue weighted by molar-refractivity contribution is 5.97. The van der Waals surface area contributed by atoms with E-state index in [2.05, 4.69) is 0 Å². The number of ether oxygens (including phenoxy) is 2. The fraction of sp³-hybridized carbons (Fsp3) is 0.0800. The third-order valence-electron chi connectivity index (χ3n) is 5.06. The Hall–Kier alpha value is -3.59. The summed E-state index contributed by atoms with van der Waals surface area (Å²) in [5.41, 5.74) is 1.46. The van der Waals surface area contributed by atoms with Crippen LogP contribution in [-0.2, 0) is 5.79 Å². The third-order valence-corrected chi connectivity index (χ3v) is 5.06. The van der Waals surface area contributed by atoms with E-state index in [9.17, 15) is 4.79 Å². The van der Waals surface area contributed by atoms with Gasteiger partial charge in [-0.25, -0.2) is 0 Å². The van der Waals surface area contributed by atoms with E-state index < -0.39 is 5.79 Å². The Morgan fingerprint density at radius 1 is 0.679 bits per heavy atom. The molecule has 0 aromatic heterocycles. The van der Waals surface area contributed by atoms with Gasteiger partial charge in [0.15, 0.2) is 17.3 Å². The van der Waals surface area contributed by atoms with Gasteiger partial charge in [-0.1, -0.05) is 84.9 Å². The molecule has 0 saturated carbocycles. The average molecular weight is 366 g/mol. The van der Waals surface area contributed by atoms with Crippen molar-refractivity contribution in [2.75, 3.05) is 0 Å². The zero-order chi connectivity index (χ0) is 19.0. The van der Waals surface area contributed by atoms with Gasteiger partial charge < -0.3 is 9.47 Å². The summed E-state index contributed by atoms with van der Waals surface area (Å²) >= 11 is 0. The van der Waals surface area contributed by atoms with Crippen LogP contribution in [0.25, 0.3) is 10.8 Å². The van der Waals surface area contributed by atoms with Crippen LogP contribution in [0, 0.1) is 0 Å². The van der Waals surface area contributed by atoms with Crippen LogP contribution in [-0.4, -0.2) is 5.78 Å². The number of benzene rings is 4. The second-order valence-corrected chi connectivity index (χ2v) is 6.94. The van der Waals surface area contributed by atoms with E-state index in [0.29, 0.717) is 17.1 Å². The predicted molar refractivity (Wildman–Crippen MR) is 109 cm³/mol. The van der Waals surface area contributed by atoms with Crippen molar-refractivity contribution in [2.45, 2.75) is 12.2 Å². The van der Waals surface area contributed by atoms with E-state index in [0.717, 1.165) is 16.3 Å². The number of carbonyl (C=O) groups is 1. The largest absolute Gasteiger partial charge is 0.444 e. The number of hydrogen-bond donors (Lipinski definition) is 0. The van der Waals surface area contributed by atoms with Gasteiger partial charge in [0.1, 0.15) is 0 Å². The lowest BCUT2D eigenvalue weighted by atomic mass is 9.96. The lowest BCUT2D eigenvalue weighted by Gasteiger charge is -2.27. The fourth-order valence-electron chi connectivity index (χ4n) is 3.66. The standard InChI is InChI=1S/C25H18O3/c26-22(18-9-3-1-4-10-18)17-25(21-13-5-2-6-14-21)27-23-15-19-11-7-8-12-20(19)16-24(23)28-25/h1-16H,17H2. The van der Waals surface area contributed by atoms with Crippen molar-refractivity contribution < 1.29 is 14.3 Å². The van der Waals surface area contributed by atoms with E-state index in [1.54, 1.807) is 0 Å². The van der Waals surface area contributed by atoms with Gasteiger partial charge in [0.2, 0.25) is 0 Å². The Balaban J connectivity index is 1.58. The lowest BCUT2D eigenvalue weighted by Crippen LogP contribution is -2.38. The van der Waals surface area contributed by atoms with Gasteiger partial charge in [-0.2, -0.15) is 0 Å². The summed E-state index contributed by atoms with van der Waals surface area (Å²) < 4.78 is 12.7. The smallest absolute Gasteiger partial charge is 0.285 e. The number of carbonyl (C=O) groups excluding carboxylic acids is 1. The molecule has 5 rings (SSSR count). The maximum atomic E-state index is 13.0. The van der Waals surface area contributed by atoms with Gasteiger partial charge in [0, 0.05) is 11.1 Å². The minimum atomic E-state index is -1.17. The molecule has 4 aromatic carbocycles. The lowest BCUT2D eigenvalue weighted by molar-refractivity contribution is -0.0846. The molecule has 0 N–H and O–H groups in total. The number of fused-ring (bicyclic) bond motifs is 2. The van der Waals surface area contributed by atoms with E-state index in [1.807, 2.05) is 97.1 Å². The van der Waals surface area contributed by atoms with E-state index >= 15 is 0 Å². The van der Waals surface area contributed by atoms with Crippen molar-refractivity contribution in [3.8, 4) is 11.5 Å². The van der Waals surface area contributed by atoms with Crippen LogP contribution in [0.4, 0.5) is 0 Å². The monoisotopic (exact) mass is 366 g/mol. The first-order valence-electron chi connectivity index (χ1n) is 9.28. The van der Waals surface area contributed by atoms with Gasteiger partial charge in [0.25, 0.3) is 5.79 Å². The molecule has 0 spiro atoms. The Bertz CT molecular complexity index is 1110. The molecular weight excluding hydrogens is 348 g/mol. The van der Waals surface area contributed by atoms with Crippen LogP contribution < -0.4 is 9.47 Å². The SMILES string of the molecule is O=C(CC1(c2ccccc2)Oc2cc3ccccc3cc2O1)c1ccccc1. The topological polar surface area (TPSA) is 35.5 Å². The van der Waals surface area contributed by atoms with Crippen LogP contribution in [0.3, 0.4) is 0 Å². The van der Waals surface area contributed by atoms with E-state index in [-0.39, 0.29) is 12.2 Å². The van der Waals surface area contributed by atoms with Crippen molar-refractivity contribution in [1.82, 2.24) is 0 Å². The van der Waals surface area contributed by atoms with Crippen molar-refractivity contribution in [3.05, 3.63) is 108 Å². The Morgan fingerprint density at radius 2 is 1.18 bits per heavy atom. The van der Waals surface area contributed by atoms with E-state index in [1.165, 1.54) is 0 Å². The normalized spacial score (nSPS) is 14.1. The van der Waals surface area contributed by atoms with Crippen molar-refractivity contribution >= 4 is 16.6 Å². The second-order valence-electron chi connectivity index (χ2n) is 6.94. The zero-order valence-corrected chi connectivity index (χ0v) is 15.2. The molecule has 4 aromatic rings. The maximum Gasteiger partial charge on any atom is 0.285 e. The molecule has 0 amide bonds. The van der Waals surface area contributed by atoms with Crippen LogP contribution >= 0.6 is 0 Å². The fourth-order valence-corrected chi connectivity index (χ4v) is 3.66. The first kappa shape index (κ1) is 16.6. The first-order chi connectivity index (χ1) is 13.7. The van der Waals surface area contributed by atoms with Gasteiger partial charge in [-0.15, -0.1) is 0 Å². The Morgan fingerprint density at radius 3 is 1.75 bits per heavy atom. The molecule has 0 saturated heterocycles. The zero-order valence-electron chi connectivity index (χ0n) is 15.2. The van der Waals surface area contributed by atoms with Gasteiger partial charge in [-0.05, 0) is 22.9 Å². The Labute approximate surface area is 163 Å². The average Bonchev–Trinajstić information content (AvgIpc) is 3.11. The predicted octanol–water partition coefficient (Wildman–Crippen LogP) is 5.74. The maximum absolute atomic E-state index is 13.0. The summed E-state index contributed by atoms with van der Waals surface area (Å²) in [5.74, 6) is 0.113. The summed E-state index contributed by atoms with van der Waals surface area (Å²) in [6, 6.07) is 30.9. The summed E-state index contributed by atoms with van der Waals surface area (Å²) in [5, 5.41) is 2.14. The molecule has 0 atom stereocenters. The van der Waals surface area contributed by atoms with Crippen molar-refractivity contribution in [2.24, 2.45) is 0 Å². The molecule has 3 nitrogen and oxygen atoms in total. The number of rotatable bonds is 4. The molecule has 1 aliphatic heterocycles. The minimum absolute atomic E-state index is 0.0261. The van der Waals surface area contributed by atoms with Crippen LogP contribution in [0.15, 0.2) is 97.1 Å². The highest BCUT2D eigenvalue weighted by Crippen LogP contribution is 2.47. The molecule has 1 aliphatic rings. The van der Waals surface area contributed by atoms with Gasteiger partial charge in [0.05, 0.1) is 6.42 Å². The summed E-state index contributed by atoms with van der Waals surface area (Å²) in [7, 11) is 0. The molecular formula is C25H18O3. The van der Waals surface area contributed by atoms with E-state index in [4.69, 9.17) is 9.47 Å². The van der Waals surface area contributed by atoms with Crippen molar-refractivity contribution in [3.63, 3.8) is 0 Å². The molecule has 3 heteroatoms. The van der Waals surface area contributed by atoms with Gasteiger partial charge >= 0.3 is 0 Å². The summed E-state index contributed by atoms with van der Waals surface area (Å²) in [6.07, 6.45) is 0.0893. The molecule has 136 valence electrons. The molecule has 0 radical (unpaired) electrons. The van der Waals surface area contributed by atoms with Gasteiger partial charge in [-0.3, -0.25) is 4.79 Å². The van der Waals surface area contributed by atoms with Crippen LogP contribution in [0.1, 0.15) is 22.3 Å². The quantitative estimate of drug-likeness (QED) is 0.432. The minimum Gasteiger partial charge on any atom is -0.444 e. The molecule has 0 aliphatic carbocycles.